The van der Waals surface area contributed by atoms with E-state index in [2.05, 4.69) is 16.5 Å². The summed E-state index contributed by atoms with van der Waals surface area (Å²) in [6.45, 7) is 5.44. The zero-order chi connectivity index (χ0) is 23.8. The molecular weight excluding hydrogens is 430 g/mol. The SMILES string of the molecule is C=CCc1ccc(OCCCCn2c(CNC(=O)c3ccco3)nc3ccccc32)c(OC)c1. The van der Waals surface area contributed by atoms with Crippen LogP contribution in [-0.2, 0) is 19.5 Å². The van der Waals surface area contributed by atoms with Gasteiger partial charge in [0.05, 0.1) is 37.6 Å². The van der Waals surface area contributed by atoms with Gasteiger partial charge in [-0.1, -0.05) is 24.3 Å². The molecule has 0 aliphatic rings. The van der Waals surface area contributed by atoms with Crippen LogP contribution in [0, 0.1) is 0 Å². The van der Waals surface area contributed by atoms with Gasteiger partial charge in [0.1, 0.15) is 5.82 Å². The Morgan fingerprint density at radius 1 is 1.15 bits per heavy atom. The van der Waals surface area contributed by atoms with Crippen LogP contribution < -0.4 is 14.8 Å². The number of para-hydroxylation sites is 2. The van der Waals surface area contributed by atoms with Crippen molar-refractivity contribution < 1.29 is 18.7 Å². The number of imidazole rings is 1. The maximum Gasteiger partial charge on any atom is 0.287 e. The molecule has 0 saturated heterocycles. The van der Waals surface area contributed by atoms with Crippen molar-refractivity contribution >= 4 is 16.9 Å². The van der Waals surface area contributed by atoms with Crippen LogP contribution in [0.25, 0.3) is 11.0 Å². The normalized spacial score (nSPS) is 10.9. The number of methoxy groups -OCH3 is 1. The third kappa shape index (κ3) is 5.49. The van der Waals surface area contributed by atoms with E-state index in [1.54, 1.807) is 19.2 Å². The molecule has 176 valence electrons. The second-order valence-corrected chi connectivity index (χ2v) is 7.86. The van der Waals surface area contributed by atoms with E-state index in [0.29, 0.717) is 13.2 Å². The standard InChI is InChI=1S/C27H29N3O4/c1-3-9-20-13-14-23(25(18-20)32-2)33-16-7-6-15-30-22-11-5-4-10-21(22)29-26(30)19-28-27(31)24-12-8-17-34-24/h3-5,8,10-14,17-18H,1,6-7,9,15-16,19H2,2H3,(H,28,31). The highest BCUT2D eigenvalue weighted by Gasteiger charge is 2.13. The molecule has 2 heterocycles. The topological polar surface area (TPSA) is 78.5 Å². The average molecular weight is 460 g/mol. The van der Waals surface area contributed by atoms with Gasteiger partial charge in [0.15, 0.2) is 17.3 Å². The van der Waals surface area contributed by atoms with Gasteiger partial charge in [0.25, 0.3) is 5.91 Å². The van der Waals surface area contributed by atoms with Gasteiger partial charge in [0.2, 0.25) is 0 Å². The minimum atomic E-state index is -0.259. The molecule has 0 radical (unpaired) electrons. The quantitative estimate of drug-likeness (QED) is 0.234. The molecule has 4 aromatic rings. The third-order valence-electron chi connectivity index (χ3n) is 5.53. The number of allylic oxidation sites excluding steroid dienone is 1. The minimum absolute atomic E-state index is 0.259. The number of hydrogen-bond donors (Lipinski definition) is 1. The molecule has 0 spiro atoms. The predicted molar refractivity (Wildman–Crippen MR) is 131 cm³/mol. The number of aromatic nitrogens is 2. The van der Waals surface area contributed by atoms with Gasteiger partial charge in [-0.05, 0) is 61.2 Å². The van der Waals surface area contributed by atoms with Crippen LogP contribution in [0.15, 0.2) is 77.9 Å². The van der Waals surface area contributed by atoms with Gasteiger partial charge < -0.3 is 23.8 Å². The van der Waals surface area contributed by atoms with E-state index in [1.807, 2.05) is 48.5 Å². The zero-order valence-corrected chi connectivity index (χ0v) is 19.3. The molecular formula is C27H29N3O4. The Hall–Kier alpha value is -4.00. The van der Waals surface area contributed by atoms with Crippen molar-refractivity contribution in [3.05, 3.63) is 90.7 Å². The van der Waals surface area contributed by atoms with E-state index in [-0.39, 0.29) is 11.7 Å². The lowest BCUT2D eigenvalue weighted by molar-refractivity contribution is 0.0921. The molecule has 7 heteroatoms. The van der Waals surface area contributed by atoms with Crippen molar-refractivity contribution in [2.24, 2.45) is 0 Å². The molecule has 0 unspecified atom stereocenters. The molecule has 7 nitrogen and oxygen atoms in total. The molecule has 1 N–H and O–H groups in total. The van der Waals surface area contributed by atoms with Crippen LogP contribution in [0.1, 0.15) is 34.8 Å². The maximum atomic E-state index is 12.3. The summed E-state index contributed by atoms with van der Waals surface area (Å²) < 4.78 is 18.8. The lowest BCUT2D eigenvalue weighted by Gasteiger charge is -2.13. The number of unbranched alkanes of at least 4 members (excludes halogenated alkanes) is 1. The lowest BCUT2D eigenvalue weighted by Crippen LogP contribution is -2.24. The second-order valence-electron chi connectivity index (χ2n) is 7.86. The molecule has 2 aromatic carbocycles. The number of ether oxygens (including phenoxy) is 2. The molecule has 34 heavy (non-hydrogen) atoms. The van der Waals surface area contributed by atoms with Gasteiger partial charge in [-0.2, -0.15) is 0 Å². The average Bonchev–Trinajstić information content (AvgIpc) is 3.52. The van der Waals surface area contributed by atoms with Gasteiger partial charge in [0, 0.05) is 6.54 Å². The summed E-state index contributed by atoms with van der Waals surface area (Å²) in [6, 6.07) is 17.3. The predicted octanol–water partition coefficient (Wildman–Crippen LogP) is 5.16. The highest BCUT2D eigenvalue weighted by atomic mass is 16.5. The van der Waals surface area contributed by atoms with Gasteiger partial charge in [-0.25, -0.2) is 4.98 Å². The number of amides is 1. The van der Waals surface area contributed by atoms with Crippen molar-refractivity contribution in [2.75, 3.05) is 13.7 Å². The van der Waals surface area contributed by atoms with E-state index >= 15 is 0 Å². The summed E-state index contributed by atoms with van der Waals surface area (Å²) in [4.78, 5) is 17.0. The Kier molecular flexibility index (Phi) is 7.65. The molecule has 0 bridgehead atoms. The number of nitrogens with zero attached hydrogens (tertiary/aromatic N) is 2. The maximum absolute atomic E-state index is 12.3. The fourth-order valence-electron chi connectivity index (χ4n) is 3.84. The van der Waals surface area contributed by atoms with Gasteiger partial charge in [-0.15, -0.1) is 6.58 Å². The highest BCUT2D eigenvalue weighted by molar-refractivity contribution is 5.91. The molecule has 0 saturated carbocycles. The molecule has 1 amide bonds. The zero-order valence-electron chi connectivity index (χ0n) is 19.3. The number of carbonyl (C=O) groups is 1. The Labute approximate surface area is 199 Å². The van der Waals surface area contributed by atoms with E-state index in [0.717, 1.165) is 59.7 Å². The minimum Gasteiger partial charge on any atom is -0.493 e. The molecule has 0 aliphatic carbocycles. The number of nitrogens with one attached hydrogen (secondary N) is 1. The summed E-state index contributed by atoms with van der Waals surface area (Å²) in [5.74, 6) is 2.30. The fourth-order valence-corrected chi connectivity index (χ4v) is 3.84. The monoisotopic (exact) mass is 459 g/mol. The molecule has 2 aromatic heterocycles. The summed E-state index contributed by atoms with van der Waals surface area (Å²) >= 11 is 0. The van der Waals surface area contributed by atoms with Crippen molar-refractivity contribution in [3.63, 3.8) is 0 Å². The first-order valence-corrected chi connectivity index (χ1v) is 11.4. The number of benzene rings is 2. The molecule has 0 atom stereocenters. The van der Waals surface area contributed by atoms with Crippen LogP contribution in [0.4, 0.5) is 0 Å². The first kappa shape index (κ1) is 23.2. The van der Waals surface area contributed by atoms with Crippen LogP contribution in [-0.4, -0.2) is 29.2 Å². The van der Waals surface area contributed by atoms with Crippen molar-refractivity contribution in [2.45, 2.75) is 32.4 Å². The van der Waals surface area contributed by atoms with E-state index in [9.17, 15) is 4.79 Å². The molecule has 0 fully saturated rings. The Balaban J connectivity index is 1.35. The number of rotatable bonds is 12. The highest BCUT2D eigenvalue weighted by Crippen LogP contribution is 2.28. The number of furan rings is 1. The van der Waals surface area contributed by atoms with E-state index in [1.165, 1.54) is 6.26 Å². The van der Waals surface area contributed by atoms with Gasteiger partial charge in [-0.3, -0.25) is 4.79 Å². The molecule has 4 rings (SSSR count). The smallest absolute Gasteiger partial charge is 0.287 e. The lowest BCUT2D eigenvalue weighted by atomic mass is 10.1. The fraction of sp³-hybridized carbons (Fsp3) is 0.259. The summed E-state index contributed by atoms with van der Waals surface area (Å²) in [5, 5.41) is 2.89. The van der Waals surface area contributed by atoms with Crippen molar-refractivity contribution in [3.8, 4) is 11.5 Å². The van der Waals surface area contributed by atoms with E-state index < -0.39 is 0 Å². The first-order valence-electron chi connectivity index (χ1n) is 11.4. The van der Waals surface area contributed by atoms with Crippen LogP contribution >= 0.6 is 0 Å². The van der Waals surface area contributed by atoms with Crippen LogP contribution in [0.2, 0.25) is 0 Å². The third-order valence-corrected chi connectivity index (χ3v) is 5.53. The second kappa shape index (κ2) is 11.2. The van der Waals surface area contributed by atoms with Crippen molar-refractivity contribution in [1.82, 2.24) is 14.9 Å². The number of aryl methyl sites for hydroxylation is 1. The van der Waals surface area contributed by atoms with E-state index in [4.69, 9.17) is 18.9 Å². The largest absolute Gasteiger partial charge is 0.493 e. The van der Waals surface area contributed by atoms with Gasteiger partial charge >= 0.3 is 0 Å². The Bertz CT molecular complexity index is 1240. The first-order chi connectivity index (χ1) is 16.7. The number of fused-ring (bicyclic) bond motifs is 1. The van der Waals surface area contributed by atoms with Crippen molar-refractivity contribution in [1.29, 1.82) is 0 Å². The van der Waals surface area contributed by atoms with Crippen LogP contribution in [0.3, 0.4) is 0 Å². The Morgan fingerprint density at radius 2 is 2.03 bits per heavy atom. The summed E-state index contributed by atoms with van der Waals surface area (Å²) in [5.41, 5.74) is 3.09. The molecule has 0 aliphatic heterocycles. The summed E-state index contributed by atoms with van der Waals surface area (Å²) in [6.07, 6.45) is 5.90. The number of hydrogen-bond acceptors (Lipinski definition) is 5. The summed E-state index contributed by atoms with van der Waals surface area (Å²) in [7, 11) is 1.65. The van der Waals surface area contributed by atoms with Crippen LogP contribution in [0.5, 0.6) is 11.5 Å². The number of carbonyl (C=O) groups excluding carboxylic acids is 1. The Morgan fingerprint density at radius 3 is 2.82 bits per heavy atom.